The first kappa shape index (κ1) is 15.8. The van der Waals surface area contributed by atoms with E-state index in [1.54, 1.807) is 0 Å². The molecule has 0 fully saturated rings. The summed E-state index contributed by atoms with van der Waals surface area (Å²) in [6.45, 7) is 8.44. The molecule has 0 aromatic carbocycles. The predicted octanol–water partition coefficient (Wildman–Crippen LogP) is 2.68. The van der Waals surface area contributed by atoms with Crippen LogP contribution in [0.15, 0.2) is 18.5 Å². The minimum Gasteiger partial charge on any atom is -0.305 e. The molecule has 2 heterocycles. The van der Waals surface area contributed by atoms with Crippen LogP contribution in [0.2, 0.25) is 0 Å². The average Bonchev–Trinajstić information content (AvgIpc) is 3.08. The van der Waals surface area contributed by atoms with Crippen molar-refractivity contribution in [3.05, 3.63) is 35.4 Å². The highest BCUT2D eigenvalue weighted by Crippen LogP contribution is 2.22. The summed E-state index contributed by atoms with van der Waals surface area (Å²) in [6.07, 6.45) is 7.29. The maximum atomic E-state index is 4.58. The lowest BCUT2D eigenvalue weighted by molar-refractivity contribution is 0.550. The van der Waals surface area contributed by atoms with Crippen LogP contribution in [-0.2, 0) is 20.0 Å². The Bertz CT molecular complexity index is 555. The van der Waals surface area contributed by atoms with Gasteiger partial charge in [-0.3, -0.25) is 9.36 Å². The van der Waals surface area contributed by atoms with Crippen LogP contribution in [0.5, 0.6) is 0 Å². The number of nitrogens with one attached hydrogen (secondary N) is 1. The van der Waals surface area contributed by atoms with E-state index in [-0.39, 0.29) is 6.04 Å². The standard InChI is InChI=1S/C16H27N5/c1-5-8-17-16(13-11-18-21(12-13)9-6-2)15-10-14(7-3)19-20(15)4/h10-12,16-17H,5-9H2,1-4H3. The zero-order valence-corrected chi connectivity index (χ0v) is 13.6. The molecule has 0 saturated heterocycles. The summed E-state index contributed by atoms with van der Waals surface area (Å²) in [6, 6.07) is 2.36. The van der Waals surface area contributed by atoms with E-state index in [1.807, 2.05) is 22.6 Å². The predicted molar refractivity (Wildman–Crippen MR) is 85.2 cm³/mol. The van der Waals surface area contributed by atoms with E-state index in [4.69, 9.17) is 0 Å². The van der Waals surface area contributed by atoms with Gasteiger partial charge in [0.2, 0.25) is 0 Å². The van der Waals surface area contributed by atoms with Crippen molar-refractivity contribution in [1.82, 2.24) is 24.9 Å². The fourth-order valence-electron chi connectivity index (χ4n) is 2.55. The van der Waals surface area contributed by atoms with Gasteiger partial charge in [-0.05, 0) is 31.9 Å². The molecule has 116 valence electrons. The number of rotatable bonds is 8. The van der Waals surface area contributed by atoms with Crippen LogP contribution in [0.3, 0.4) is 0 Å². The third-order valence-electron chi connectivity index (χ3n) is 3.66. The van der Waals surface area contributed by atoms with E-state index in [2.05, 4.69) is 48.5 Å². The third kappa shape index (κ3) is 3.73. The highest BCUT2D eigenvalue weighted by Gasteiger charge is 2.19. The van der Waals surface area contributed by atoms with Crippen molar-refractivity contribution in [3.63, 3.8) is 0 Å². The van der Waals surface area contributed by atoms with Crippen LogP contribution in [0, 0.1) is 0 Å². The quantitative estimate of drug-likeness (QED) is 0.813. The van der Waals surface area contributed by atoms with Crippen LogP contribution in [0.1, 0.15) is 56.6 Å². The van der Waals surface area contributed by atoms with E-state index < -0.39 is 0 Å². The molecule has 5 heteroatoms. The van der Waals surface area contributed by atoms with Gasteiger partial charge >= 0.3 is 0 Å². The summed E-state index contributed by atoms with van der Waals surface area (Å²) in [5.41, 5.74) is 3.55. The molecule has 2 aromatic rings. The second-order valence-corrected chi connectivity index (χ2v) is 5.46. The summed E-state index contributed by atoms with van der Waals surface area (Å²) in [4.78, 5) is 0. The lowest BCUT2D eigenvalue weighted by Crippen LogP contribution is -2.25. The van der Waals surface area contributed by atoms with E-state index in [1.165, 1.54) is 11.3 Å². The second-order valence-electron chi connectivity index (χ2n) is 5.46. The molecule has 0 saturated carbocycles. The largest absolute Gasteiger partial charge is 0.305 e. The number of hydrogen-bond acceptors (Lipinski definition) is 3. The maximum Gasteiger partial charge on any atom is 0.0779 e. The molecule has 1 atom stereocenters. The Kier molecular flexibility index (Phi) is 5.56. The van der Waals surface area contributed by atoms with Gasteiger partial charge < -0.3 is 5.32 Å². The van der Waals surface area contributed by atoms with Crippen molar-refractivity contribution >= 4 is 0 Å². The maximum absolute atomic E-state index is 4.58. The van der Waals surface area contributed by atoms with E-state index in [0.717, 1.165) is 38.0 Å². The van der Waals surface area contributed by atoms with Gasteiger partial charge in [0.25, 0.3) is 0 Å². The van der Waals surface area contributed by atoms with Crippen LogP contribution >= 0.6 is 0 Å². The Labute approximate surface area is 127 Å². The van der Waals surface area contributed by atoms with Crippen molar-refractivity contribution in [2.24, 2.45) is 7.05 Å². The molecule has 0 spiro atoms. The smallest absolute Gasteiger partial charge is 0.0779 e. The van der Waals surface area contributed by atoms with Crippen molar-refractivity contribution in [2.75, 3.05) is 6.54 Å². The Hall–Kier alpha value is -1.62. The van der Waals surface area contributed by atoms with Gasteiger partial charge in [0.1, 0.15) is 0 Å². The summed E-state index contributed by atoms with van der Waals surface area (Å²) in [7, 11) is 2.02. The minimum atomic E-state index is 0.161. The fraction of sp³-hybridized carbons (Fsp3) is 0.625. The van der Waals surface area contributed by atoms with Gasteiger partial charge in [-0.2, -0.15) is 10.2 Å². The molecule has 0 radical (unpaired) electrons. The van der Waals surface area contributed by atoms with Crippen molar-refractivity contribution < 1.29 is 0 Å². The molecule has 2 rings (SSSR count). The molecule has 21 heavy (non-hydrogen) atoms. The highest BCUT2D eigenvalue weighted by atomic mass is 15.3. The van der Waals surface area contributed by atoms with E-state index in [9.17, 15) is 0 Å². The monoisotopic (exact) mass is 289 g/mol. The van der Waals surface area contributed by atoms with Gasteiger partial charge in [0.15, 0.2) is 0 Å². The molecule has 1 unspecified atom stereocenters. The fourth-order valence-corrected chi connectivity index (χ4v) is 2.55. The third-order valence-corrected chi connectivity index (χ3v) is 3.66. The number of nitrogens with zero attached hydrogens (tertiary/aromatic N) is 4. The first-order valence-electron chi connectivity index (χ1n) is 7.98. The lowest BCUT2D eigenvalue weighted by atomic mass is 10.1. The van der Waals surface area contributed by atoms with Gasteiger partial charge in [-0.15, -0.1) is 0 Å². The van der Waals surface area contributed by atoms with Crippen LogP contribution in [0.25, 0.3) is 0 Å². The van der Waals surface area contributed by atoms with E-state index >= 15 is 0 Å². The number of hydrogen-bond donors (Lipinski definition) is 1. The molecule has 5 nitrogen and oxygen atoms in total. The number of aromatic nitrogens is 4. The molecule has 0 aliphatic heterocycles. The Morgan fingerprint density at radius 2 is 2.05 bits per heavy atom. The lowest BCUT2D eigenvalue weighted by Gasteiger charge is -2.17. The number of aryl methyl sites for hydroxylation is 3. The molecular weight excluding hydrogens is 262 g/mol. The van der Waals surface area contributed by atoms with Gasteiger partial charge in [-0.1, -0.05) is 20.8 Å². The summed E-state index contributed by atoms with van der Waals surface area (Å²) >= 11 is 0. The zero-order valence-electron chi connectivity index (χ0n) is 13.6. The first-order valence-corrected chi connectivity index (χ1v) is 7.98. The topological polar surface area (TPSA) is 47.7 Å². The van der Waals surface area contributed by atoms with Gasteiger partial charge in [-0.25, -0.2) is 0 Å². The minimum absolute atomic E-state index is 0.161. The average molecular weight is 289 g/mol. The second kappa shape index (κ2) is 7.41. The Morgan fingerprint density at radius 1 is 1.24 bits per heavy atom. The van der Waals surface area contributed by atoms with Crippen LogP contribution < -0.4 is 5.32 Å². The molecule has 0 amide bonds. The zero-order chi connectivity index (χ0) is 15.2. The van der Waals surface area contributed by atoms with E-state index in [0.29, 0.717) is 0 Å². The molecular formula is C16H27N5. The summed E-state index contributed by atoms with van der Waals surface area (Å²) in [5.74, 6) is 0. The Morgan fingerprint density at radius 3 is 2.67 bits per heavy atom. The van der Waals surface area contributed by atoms with Crippen LogP contribution in [-0.4, -0.2) is 26.1 Å². The SMILES string of the molecule is CCCNC(c1cnn(CCC)c1)c1cc(CC)nn1C. The Balaban J connectivity index is 2.29. The van der Waals surface area contributed by atoms with Gasteiger partial charge in [0, 0.05) is 25.4 Å². The normalized spacial score (nSPS) is 12.8. The van der Waals surface area contributed by atoms with Crippen LogP contribution in [0.4, 0.5) is 0 Å². The van der Waals surface area contributed by atoms with Crippen molar-refractivity contribution in [1.29, 1.82) is 0 Å². The first-order chi connectivity index (χ1) is 10.2. The molecule has 1 N–H and O–H groups in total. The highest BCUT2D eigenvalue weighted by molar-refractivity contribution is 5.26. The summed E-state index contributed by atoms with van der Waals surface area (Å²) < 4.78 is 4.01. The van der Waals surface area contributed by atoms with Gasteiger partial charge in [0.05, 0.1) is 23.6 Å². The van der Waals surface area contributed by atoms with Crippen molar-refractivity contribution in [2.45, 2.75) is 52.6 Å². The molecule has 0 aliphatic carbocycles. The molecule has 2 aromatic heterocycles. The summed E-state index contributed by atoms with van der Waals surface area (Å²) in [5, 5.41) is 12.7. The molecule has 0 bridgehead atoms. The molecule has 0 aliphatic rings. The van der Waals surface area contributed by atoms with Crippen molar-refractivity contribution in [3.8, 4) is 0 Å².